The van der Waals surface area contributed by atoms with E-state index >= 15 is 0 Å². The molecule has 0 bridgehead atoms. The molecule has 2 rings (SSSR count). The van der Waals surface area contributed by atoms with Crippen LogP contribution in [0.3, 0.4) is 0 Å². The van der Waals surface area contributed by atoms with Gasteiger partial charge in [-0.05, 0) is 12.8 Å². The lowest BCUT2D eigenvalue weighted by atomic mass is 10.0. The van der Waals surface area contributed by atoms with Crippen LogP contribution >= 0.6 is 0 Å². The zero-order valence-electron chi connectivity index (χ0n) is 8.98. The van der Waals surface area contributed by atoms with Crippen molar-refractivity contribution in [2.75, 3.05) is 19.8 Å². The molecule has 1 aromatic heterocycles. The Balaban J connectivity index is 2.05. The van der Waals surface area contributed by atoms with Crippen LogP contribution in [0.1, 0.15) is 43.3 Å². The molecule has 2 heterocycles. The lowest BCUT2D eigenvalue weighted by Gasteiger charge is -2.18. The van der Waals surface area contributed by atoms with E-state index < -0.39 is 0 Å². The summed E-state index contributed by atoms with van der Waals surface area (Å²) < 4.78 is 11.0. The zero-order valence-corrected chi connectivity index (χ0v) is 8.98. The number of hydrogen-bond acceptors (Lipinski definition) is 4. The van der Waals surface area contributed by atoms with Gasteiger partial charge < -0.3 is 14.3 Å². The SMILES string of the molecule is CC(CO)c1cnc(C2CCCOC2)o1. The molecule has 0 aliphatic carbocycles. The first-order chi connectivity index (χ1) is 7.31. The highest BCUT2D eigenvalue weighted by molar-refractivity contribution is 5.04. The highest BCUT2D eigenvalue weighted by Crippen LogP contribution is 2.26. The highest BCUT2D eigenvalue weighted by Gasteiger charge is 2.21. The van der Waals surface area contributed by atoms with Gasteiger partial charge in [0.15, 0.2) is 5.89 Å². The summed E-state index contributed by atoms with van der Waals surface area (Å²) in [4.78, 5) is 4.25. The molecule has 4 nitrogen and oxygen atoms in total. The average Bonchev–Trinajstić information content (AvgIpc) is 2.78. The fourth-order valence-electron chi connectivity index (χ4n) is 1.74. The molecule has 1 N–H and O–H groups in total. The zero-order chi connectivity index (χ0) is 10.7. The first-order valence-corrected chi connectivity index (χ1v) is 5.45. The molecule has 1 aliphatic heterocycles. The number of ether oxygens (including phenoxy) is 1. The van der Waals surface area contributed by atoms with E-state index in [4.69, 9.17) is 14.3 Å². The van der Waals surface area contributed by atoms with Crippen LogP contribution in [-0.4, -0.2) is 29.9 Å². The van der Waals surface area contributed by atoms with Gasteiger partial charge in [0.25, 0.3) is 0 Å². The van der Waals surface area contributed by atoms with Gasteiger partial charge in [-0.25, -0.2) is 4.98 Å². The molecule has 1 aliphatic rings. The van der Waals surface area contributed by atoms with E-state index in [-0.39, 0.29) is 12.5 Å². The van der Waals surface area contributed by atoms with Crippen molar-refractivity contribution in [3.63, 3.8) is 0 Å². The summed E-state index contributed by atoms with van der Waals surface area (Å²) in [6.07, 6.45) is 3.86. The molecule has 0 radical (unpaired) electrons. The third kappa shape index (κ3) is 2.38. The first-order valence-electron chi connectivity index (χ1n) is 5.45. The minimum atomic E-state index is 0.0239. The molecule has 0 spiro atoms. The molecule has 1 fully saturated rings. The van der Waals surface area contributed by atoms with Crippen molar-refractivity contribution in [1.82, 2.24) is 4.98 Å². The summed E-state index contributed by atoms with van der Waals surface area (Å²) >= 11 is 0. The lowest BCUT2D eigenvalue weighted by Crippen LogP contribution is -2.15. The largest absolute Gasteiger partial charge is 0.445 e. The van der Waals surface area contributed by atoms with E-state index in [9.17, 15) is 0 Å². The van der Waals surface area contributed by atoms with Crippen molar-refractivity contribution in [1.29, 1.82) is 0 Å². The van der Waals surface area contributed by atoms with Gasteiger partial charge in [-0.15, -0.1) is 0 Å². The van der Waals surface area contributed by atoms with Crippen LogP contribution in [0.2, 0.25) is 0 Å². The number of rotatable bonds is 3. The fraction of sp³-hybridized carbons (Fsp3) is 0.727. The van der Waals surface area contributed by atoms with Crippen molar-refractivity contribution in [2.24, 2.45) is 0 Å². The van der Waals surface area contributed by atoms with E-state index in [1.54, 1.807) is 6.20 Å². The Morgan fingerprint density at radius 3 is 3.20 bits per heavy atom. The van der Waals surface area contributed by atoms with Gasteiger partial charge in [0.2, 0.25) is 0 Å². The van der Waals surface area contributed by atoms with Gasteiger partial charge >= 0.3 is 0 Å². The monoisotopic (exact) mass is 211 g/mol. The van der Waals surface area contributed by atoms with Gasteiger partial charge in [0, 0.05) is 12.5 Å². The molecule has 2 atom stereocenters. The van der Waals surface area contributed by atoms with Crippen LogP contribution in [0.15, 0.2) is 10.6 Å². The Kier molecular flexibility index (Phi) is 3.38. The summed E-state index contributed by atoms with van der Waals surface area (Å²) in [5.74, 6) is 1.83. The fourth-order valence-corrected chi connectivity index (χ4v) is 1.74. The molecule has 0 aromatic carbocycles. The number of aliphatic hydroxyl groups is 1. The van der Waals surface area contributed by atoms with Crippen LogP contribution in [-0.2, 0) is 4.74 Å². The van der Waals surface area contributed by atoms with Crippen LogP contribution < -0.4 is 0 Å². The predicted molar refractivity (Wildman–Crippen MR) is 54.8 cm³/mol. The topological polar surface area (TPSA) is 55.5 Å². The molecule has 4 heteroatoms. The molecule has 2 unspecified atom stereocenters. The molecular formula is C11H17NO3. The van der Waals surface area contributed by atoms with Crippen molar-refractivity contribution < 1.29 is 14.3 Å². The Bertz CT molecular complexity index is 305. The van der Waals surface area contributed by atoms with Gasteiger partial charge in [-0.3, -0.25) is 0 Å². The number of oxazole rings is 1. The van der Waals surface area contributed by atoms with Crippen LogP contribution in [0.25, 0.3) is 0 Å². The second kappa shape index (κ2) is 4.77. The Morgan fingerprint density at radius 2 is 2.53 bits per heavy atom. The van der Waals surface area contributed by atoms with E-state index in [1.807, 2.05) is 6.92 Å². The van der Waals surface area contributed by atoms with E-state index in [0.717, 1.165) is 31.1 Å². The molecule has 1 aromatic rings. The van der Waals surface area contributed by atoms with Crippen LogP contribution in [0.4, 0.5) is 0 Å². The minimum Gasteiger partial charge on any atom is -0.445 e. The van der Waals surface area contributed by atoms with Gasteiger partial charge in [0.1, 0.15) is 5.76 Å². The van der Waals surface area contributed by atoms with Crippen molar-refractivity contribution in [3.05, 3.63) is 17.8 Å². The van der Waals surface area contributed by atoms with E-state index in [1.165, 1.54) is 0 Å². The molecule has 0 saturated carbocycles. The predicted octanol–water partition coefficient (Wildman–Crippen LogP) is 1.66. The summed E-state index contributed by atoms with van der Waals surface area (Å²) in [6.45, 7) is 3.56. The van der Waals surface area contributed by atoms with Crippen molar-refractivity contribution in [2.45, 2.75) is 31.6 Å². The van der Waals surface area contributed by atoms with E-state index in [0.29, 0.717) is 12.5 Å². The van der Waals surface area contributed by atoms with Gasteiger partial charge in [0.05, 0.1) is 25.3 Å². The molecule has 0 amide bonds. The maximum Gasteiger partial charge on any atom is 0.199 e. The number of nitrogens with zero attached hydrogens (tertiary/aromatic N) is 1. The van der Waals surface area contributed by atoms with Gasteiger partial charge in [-0.1, -0.05) is 6.92 Å². The Hall–Kier alpha value is -0.870. The average molecular weight is 211 g/mol. The van der Waals surface area contributed by atoms with Crippen LogP contribution in [0, 0.1) is 0 Å². The molecule has 15 heavy (non-hydrogen) atoms. The standard InChI is InChI=1S/C11H17NO3/c1-8(6-13)10-5-12-11(15-10)9-3-2-4-14-7-9/h5,8-9,13H,2-4,6-7H2,1H3. The third-order valence-electron chi connectivity index (χ3n) is 2.81. The number of aromatic nitrogens is 1. The summed E-state index contributed by atoms with van der Waals surface area (Å²) in [6, 6.07) is 0. The first kappa shape index (κ1) is 10.6. The Morgan fingerprint density at radius 1 is 1.67 bits per heavy atom. The minimum absolute atomic E-state index is 0.0239. The molecule has 84 valence electrons. The third-order valence-corrected chi connectivity index (χ3v) is 2.81. The normalized spacial score (nSPS) is 24.0. The second-order valence-corrected chi connectivity index (χ2v) is 4.10. The maximum atomic E-state index is 9.00. The highest BCUT2D eigenvalue weighted by atomic mass is 16.5. The summed E-state index contributed by atoms with van der Waals surface area (Å²) in [7, 11) is 0. The second-order valence-electron chi connectivity index (χ2n) is 4.10. The van der Waals surface area contributed by atoms with Crippen molar-refractivity contribution >= 4 is 0 Å². The van der Waals surface area contributed by atoms with E-state index in [2.05, 4.69) is 4.98 Å². The molecular weight excluding hydrogens is 194 g/mol. The summed E-state index contributed by atoms with van der Waals surface area (Å²) in [5.41, 5.74) is 0. The van der Waals surface area contributed by atoms with Crippen LogP contribution in [0.5, 0.6) is 0 Å². The number of hydrogen-bond donors (Lipinski definition) is 1. The van der Waals surface area contributed by atoms with Crippen molar-refractivity contribution in [3.8, 4) is 0 Å². The smallest absolute Gasteiger partial charge is 0.199 e. The Labute approximate surface area is 89.3 Å². The maximum absolute atomic E-state index is 9.00. The van der Waals surface area contributed by atoms with Gasteiger partial charge in [-0.2, -0.15) is 0 Å². The molecule has 1 saturated heterocycles. The quantitative estimate of drug-likeness (QED) is 0.826. The number of aliphatic hydroxyl groups excluding tert-OH is 1. The summed E-state index contributed by atoms with van der Waals surface area (Å²) in [5, 5.41) is 9.00. The lowest BCUT2D eigenvalue weighted by molar-refractivity contribution is 0.0719.